The number of terminal acetylenes is 1. The summed E-state index contributed by atoms with van der Waals surface area (Å²) in [5.41, 5.74) is 5.90. The molecule has 1 aliphatic heterocycles. The lowest BCUT2D eigenvalue weighted by Crippen LogP contribution is -2.49. The van der Waals surface area contributed by atoms with Crippen molar-refractivity contribution < 1.29 is 4.79 Å². The van der Waals surface area contributed by atoms with Crippen LogP contribution in [-0.4, -0.2) is 28.9 Å². The molecule has 1 fully saturated rings. The highest BCUT2D eigenvalue weighted by atomic mass is 16.2. The van der Waals surface area contributed by atoms with Crippen LogP contribution in [0.2, 0.25) is 0 Å². The molecular formula is C13H19N3O. The number of hydrogen-bond donors (Lipinski definition) is 1. The quantitative estimate of drug-likeness (QED) is 0.739. The molecule has 1 heterocycles. The molecule has 2 amide bonds. The number of urea groups is 1. The van der Waals surface area contributed by atoms with E-state index in [1.54, 1.807) is 4.90 Å². The molecule has 2 rings (SSSR count). The van der Waals surface area contributed by atoms with Crippen molar-refractivity contribution in [2.24, 2.45) is 16.6 Å². The fourth-order valence-corrected chi connectivity index (χ4v) is 2.90. The predicted octanol–water partition coefficient (Wildman–Crippen LogP) is 1.75. The van der Waals surface area contributed by atoms with Gasteiger partial charge in [-0.2, -0.15) is 4.99 Å². The molecule has 4 heteroatoms. The molecule has 2 aliphatic rings. The molecule has 92 valence electrons. The molecule has 2 atom stereocenters. The third-order valence-corrected chi connectivity index (χ3v) is 3.80. The zero-order valence-corrected chi connectivity index (χ0v) is 10.2. The Labute approximate surface area is 102 Å². The molecule has 0 aromatic carbocycles. The van der Waals surface area contributed by atoms with E-state index in [1.165, 1.54) is 19.3 Å². The van der Waals surface area contributed by atoms with Crippen LogP contribution in [0, 0.1) is 18.3 Å². The number of hydrogen-bond acceptors (Lipinski definition) is 2. The second-order valence-corrected chi connectivity index (χ2v) is 4.91. The fourth-order valence-electron chi connectivity index (χ4n) is 2.90. The fraction of sp³-hybridized carbons (Fsp3) is 0.692. The van der Waals surface area contributed by atoms with Gasteiger partial charge in [-0.05, 0) is 25.7 Å². The summed E-state index contributed by atoms with van der Waals surface area (Å²) >= 11 is 0. The number of carbonyl (C=O) groups is 1. The highest BCUT2D eigenvalue weighted by Gasteiger charge is 2.41. The van der Waals surface area contributed by atoms with Gasteiger partial charge in [-0.3, -0.25) is 4.90 Å². The number of nitrogens with zero attached hydrogens (tertiary/aromatic N) is 2. The molecule has 0 saturated heterocycles. The highest BCUT2D eigenvalue weighted by Crippen LogP contribution is 2.32. The maximum absolute atomic E-state index is 11.8. The molecule has 0 radical (unpaired) electrons. The van der Waals surface area contributed by atoms with Crippen LogP contribution in [0.1, 0.15) is 39.0 Å². The molecule has 0 bridgehead atoms. The third kappa shape index (κ3) is 2.14. The van der Waals surface area contributed by atoms with E-state index in [0.717, 1.165) is 12.8 Å². The van der Waals surface area contributed by atoms with Gasteiger partial charge in [0.05, 0.1) is 12.1 Å². The summed E-state index contributed by atoms with van der Waals surface area (Å²) in [5, 5.41) is 0. The minimum Gasteiger partial charge on any atom is -0.385 e. The van der Waals surface area contributed by atoms with Crippen molar-refractivity contribution in [3.63, 3.8) is 0 Å². The highest BCUT2D eigenvalue weighted by molar-refractivity contribution is 6.03. The van der Waals surface area contributed by atoms with Crippen molar-refractivity contribution in [2.75, 3.05) is 0 Å². The van der Waals surface area contributed by atoms with E-state index in [-0.39, 0.29) is 18.1 Å². The molecule has 2 N–H and O–H groups in total. The zero-order valence-electron chi connectivity index (χ0n) is 10.2. The van der Waals surface area contributed by atoms with Gasteiger partial charge in [-0.15, -0.1) is 6.42 Å². The molecule has 0 aromatic rings. The van der Waals surface area contributed by atoms with Crippen LogP contribution in [-0.2, 0) is 0 Å². The van der Waals surface area contributed by atoms with E-state index in [1.807, 2.05) is 6.92 Å². The molecule has 0 spiro atoms. The molecule has 17 heavy (non-hydrogen) atoms. The minimum absolute atomic E-state index is 0.0751. The average molecular weight is 233 g/mol. The first kappa shape index (κ1) is 12.0. The van der Waals surface area contributed by atoms with Crippen LogP contribution in [0.5, 0.6) is 0 Å². The monoisotopic (exact) mass is 233 g/mol. The van der Waals surface area contributed by atoms with Gasteiger partial charge in [0.2, 0.25) is 0 Å². The second-order valence-electron chi connectivity index (χ2n) is 4.91. The van der Waals surface area contributed by atoms with Crippen LogP contribution in [0.25, 0.3) is 0 Å². The number of nitrogens with two attached hydrogens (primary N) is 1. The number of carbonyl (C=O) groups excluding carboxylic acids is 1. The Balaban J connectivity index is 2.20. The van der Waals surface area contributed by atoms with E-state index < -0.39 is 0 Å². The number of amidine groups is 1. The van der Waals surface area contributed by atoms with Crippen LogP contribution < -0.4 is 5.73 Å². The number of rotatable bonds is 2. The van der Waals surface area contributed by atoms with Crippen molar-refractivity contribution in [1.29, 1.82) is 0 Å². The van der Waals surface area contributed by atoms with Crippen molar-refractivity contribution in [3.8, 4) is 12.3 Å². The average Bonchev–Trinajstić information content (AvgIpc) is 2.64. The summed E-state index contributed by atoms with van der Waals surface area (Å²) in [5.74, 6) is 3.48. The van der Waals surface area contributed by atoms with Gasteiger partial charge < -0.3 is 5.73 Å². The first-order valence-electron chi connectivity index (χ1n) is 6.27. The minimum atomic E-state index is -0.275. The number of amides is 2. The van der Waals surface area contributed by atoms with Crippen molar-refractivity contribution in [2.45, 2.75) is 51.1 Å². The zero-order chi connectivity index (χ0) is 12.4. The predicted molar refractivity (Wildman–Crippen MR) is 67.5 cm³/mol. The summed E-state index contributed by atoms with van der Waals surface area (Å²) in [6.45, 7) is 1.85. The summed E-state index contributed by atoms with van der Waals surface area (Å²) in [6.07, 6.45) is 11.3. The lowest BCUT2D eigenvalue weighted by atomic mass is 9.83. The summed E-state index contributed by atoms with van der Waals surface area (Å²) in [4.78, 5) is 17.4. The van der Waals surface area contributed by atoms with E-state index >= 15 is 0 Å². The molecule has 0 aromatic heterocycles. The Bertz CT molecular complexity index is 377. The van der Waals surface area contributed by atoms with Crippen molar-refractivity contribution in [3.05, 3.63) is 0 Å². The maximum atomic E-state index is 11.8. The molecule has 2 unspecified atom stereocenters. The first-order valence-corrected chi connectivity index (χ1v) is 6.27. The van der Waals surface area contributed by atoms with Crippen LogP contribution >= 0.6 is 0 Å². The summed E-state index contributed by atoms with van der Waals surface area (Å²) in [7, 11) is 0. The van der Waals surface area contributed by atoms with Gasteiger partial charge >= 0.3 is 6.03 Å². The van der Waals surface area contributed by atoms with Gasteiger partial charge in [0.1, 0.15) is 5.84 Å². The van der Waals surface area contributed by atoms with Gasteiger partial charge in [-0.25, -0.2) is 4.79 Å². The van der Waals surface area contributed by atoms with E-state index in [0.29, 0.717) is 11.8 Å². The second kappa shape index (κ2) is 4.79. The largest absolute Gasteiger partial charge is 0.385 e. The Morgan fingerprint density at radius 2 is 2.12 bits per heavy atom. The smallest absolute Gasteiger partial charge is 0.346 e. The van der Waals surface area contributed by atoms with Gasteiger partial charge in [-0.1, -0.05) is 25.2 Å². The summed E-state index contributed by atoms with van der Waals surface area (Å²) < 4.78 is 0. The lowest BCUT2D eigenvalue weighted by molar-refractivity contribution is 0.166. The standard InChI is InChI=1S/C13H19N3O/c1-3-9(2)16-11(12(14)15-13(16)17)10-7-5-4-6-8-10/h1,9-11H,4-8H2,2H3,(H2,14,15,17). The van der Waals surface area contributed by atoms with Crippen LogP contribution in [0.15, 0.2) is 4.99 Å². The first-order chi connectivity index (χ1) is 8.15. The Morgan fingerprint density at radius 1 is 1.47 bits per heavy atom. The maximum Gasteiger partial charge on any atom is 0.346 e. The Morgan fingerprint density at radius 3 is 2.71 bits per heavy atom. The molecule has 1 saturated carbocycles. The SMILES string of the molecule is C#CC(C)N1C(=O)N=C(N)C1C1CCCCC1. The van der Waals surface area contributed by atoms with Crippen LogP contribution in [0.4, 0.5) is 4.79 Å². The Kier molecular flexibility index (Phi) is 3.37. The molecular weight excluding hydrogens is 214 g/mol. The Hall–Kier alpha value is -1.50. The van der Waals surface area contributed by atoms with Crippen molar-refractivity contribution >= 4 is 11.9 Å². The van der Waals surface area contributed by atoms with Crippen molar-refractivity contribution in [1.82, 2.24) is 4.90 Å². The lowest BCUT2D eigenvalue weighted by Gasteiger charge is -2.35. The van der Waals surface area contributed by atoms with Gasteiger partial charge in [0, 0.05) is 0 Å². The normalized spacial score (nSPS) is 27.8. The number of aliphatic imine (C=N–C) groups is 1. The third-order valence-electron chi connectivity index (χ3n) is 3.80. The topological polar surface area (TPSA) is 58.7 Å². The van der Waals surface area contributed by atoms with Gasteiger partial charge in [0.15, 0.2) is 0 Å². The van der Waals surface area contributed by atoms with E-state index in [4.69, 9.17) is 12.2 Å². The van der Waals surface area contributed by atoms with E-state index in [9.17, 15) is 4.79 Å². The van der Waals surface area contributed by atoms with Crippen LogP contribution in [0.3, 0.4) is 0 Å². The molecule has 1 aliphatic carbocycles. The van der Waals surface area contributed by atoms with Gasteiger partial charge in [0.25, 0.3) is 0 Å². The summed E-state index contributed by atoms with van der Waals surface area (Å²) in [6, 6.07) is -0.586. The molecule has 4 nitrogen and oxygen atoms in total. The van der Waals surface area contributed by atoms with E-state index in [2.05, 4.69) is 10.9 Å².